The van der Waals surface area contributed by atoms with Gasteiger partial charge in [-0.3, -0.25) is 14.4 Å². The van der Waals surface area contributed by atoms with E-state index in [2.05, 4.69) is 5.32 Å². The van der Waals surface area contributed by atoms with Crippen LogP contribution in [0.3, 0.4) is 0 Å². The summed E-state index contributed by atoms with van der Waals surface area (Å²) in [5.41, 5.74) is 0. The Morgan fingerprint density at radius 2 is 2.07 bits per heavy atom. The van der Waals surface area contributed by atoms with Gasteiger partial charge >= 0.3 is 0 Å². The molecule has 78 valence electrons. The predicted octanol–water partition coefficient (Wildman–Crippen LogP) is 0.305. The Bertz CT molecular complexity index is 285. The Labute approximate surface area is 83.1 Å². The fraction of sp³-hybridized carbons (Fsp3) is 0.700. The minimum atomic E-state index is -1.06. The molecule has 0 aromatic heterocycles. The zero-order chi connectivity index (χ0) is 10.9. The van der Waals surface area contributed by atoms with Crippen molar-refractivity contribution in [2.75, 3.05) is 0 Å². The van der Waals surface area contributed by atoms with Crippen LogP contribution in [0.1, 0.15) is 27.2 Å². The summed E-state index contributed by atoms with van der Waals surface area (Å²) in [6, 6.07) is -0.471. The molecule has 14 heavy (non-hydrogen) atoms. The molecule has 1 aliphatic rings. The maximum absolute atomic E-state index is 11.7. The van der Waals surface area contributed by atoms with Crippen LogP contribution in [0, 0.1) is 11.8 Å². The van der Waals surface area contributed by atoms with E-state index in [1.54, 1.807) is 0 Å². The van der Waals surface area contributed by atoms with Gasteiger partial charge in [-0.15, -0.1) is 0 Å². The molecule has 0 saturated carbocycles. The molecule has 0 spiro atoms. The number of hydrogen-bond acceptors (Lipinski definition) is 3. The third-order valence-corrected chi connectivity index (χ3v) is 2.77. The highest BCUT2D eigenvalue weighted by atomic mass is 16.2. The third-order valence-electron chi connectivity index (χ3n) is 2.77. The molecule has 0 aromatic carbocycles. The number of ketones is 2. The monoisotopic (exact) mass is 197 g/mol. The maximum atomic E-state index is 11.7. The van der Waals surface area contributed by atoms with Crippen LogP contribution in [0.2, 0.25) is 0 Å². The van der Waals surface area contributed by atoms with Gasteiger partial charge in [0, 0.05) is 0 Å². The second kappa shape index (κ2) is 3.90. The van der Waals surface area contributed by atoms with E-state index < -0.39 is 17.9 Å². The number of nitrogens with one attached hydrogen (secondary N) is 1. The van der Waals surface area contributed by atoms with Crippen LogP contribution in [-0.2, 0) is 14.4 Å². The molecular formula is C10H15NO3. The van der Waals surface area contributed by atoms with Crippen molar-refractivity contribution in [1.29, 1.82) is 0 Å². The molecule has 1 rings (SSSR count). The molecule has 1 saturated heterocycles. The molecule has 1 unspecified atom stereocenters. The normalized spacial score (nSPS) is 28.8. The quantitative estimate of drug-likeness (QED) is 0.662. The first-order chi connectivity index (χ1) is 6.49. The summed E-state index contributed by atoms with van der Waals surface area (Å²) in [5.74, 6) is -2.03. The van der Waals surface area contributed by atoms with Crippen molar-refractivity contribution < 1.29 is 14.4 Å². The van der Waals surface area contributed by atoms with Crippen LogP contribution >= 0.6 is 0 Å². The molecule has 4 heteroatoms. The predicted molar refractivity (Wildman–Crippen MR) is 50.6 cm³/mol. The second-order valence-corrected chi connectivity index (χ2v) is 3.82. The van der Waals surface area contributed by atoms with Crippen molar-refractivity contribution in [3.05, 3.63) is 0 Å². The van der Waals surface area contributed by atoms with Crippen LogP contribution < -0.4 is 5.32 Å². The molecule has 4 nitrogen and oxygen atoms in total. The lowest BCUT2D eigenvalue weighted by Gasteiger charge is -2.15. The van der Waals surface area contributed by atoms with Gasteiger partial charge in [-0.05, 0) is 12.8 Å². The summed E-state index contributed by atoms with van der Waals surface area (Å²) < 4.78 is 0. The number of hydrogen-bond donors (Lipinski definition) is 1. The smallest absolute Gasteiger partial charge is 0.238 e. The summed E-state index contributed by atoms with van der Waals surface area (Å²) in [6.07, 6.45) is 0.807. The Morgan fingerprint density at radius 1 is 1.50 bits per heavy atom. The van der Waals surface area contributed by atoms with Crippen LogP contribution in [0.15, 0.2) is 0 Å². The van der Waals surface area contributed by atoms with Gasteiger partial charge in [0.05, 0.1) is 6.04 Å². The van der Waals surface area contributed by atoms with Crippen molar-refractivity contribution in [2.45, 2.75) is 33.2 Å². The van der Waals surface area contributed by atoms with Gasteiger partial charge in [0.25, 0.3) is 0 Å². The molecule has 1 amide bonds. The average molecular weight is 197 g/mol. The fourth-order valence-corrected chi connectivity index (χ4v) is 1.66. The lowest BCUT2D eigenvalue weighted by atomic mass is 9.91. The van der Waals surface area contributed by atoms with Gasteiger partial charge in [0.2, 0.25) is 5.91 Å². The molecule has 0 aliphatic carbocycles. The van der Waals surface area contributed by atoms with E-state index in [0.29, 0.717) is 0 Å². The van der Waals surface area contributed by atoms with Crippen molar-refractivity contribution in [2.24, 2.45) is 11.8 Å². The molecule has 1 fully saturated rings. The first-order valence-electron chi connectivity index (χ1n) is 4.83. The Morgan fingerprint density at radius 3 is 2.43 bits per heavy atom. The van der Waals surface area contributed by atoms with Crippen molar-refractivity contribution in [3.8, 4) is 0 Å². The lowest BCUT2D eigenvalue weighted by Crippen LogP contribution is -2.35. The highest BCUT2D eigenvalue weighted by Crippen LogP contribution is 2.20. The summed E-state index contributed by atoms with van der Waals surface area (Å²) in [7, 11) is 0. The second-order valence-electron chi connectivity index (χ2n) is 3.82. The van der Waals surface area contributed by atoms with Gasteiger partial charge in [0.1, 0.15) is 5.78 Å². The van der Waals surface area contributed by atoms with Gasteiger partial charge in [-0.2, -0.15) is 0 Å². The molecule has 0 aromatic rings. The molecule has 1 aliphatic heterocycles. The Balaban J connectivity index is 2.84. The summed E-state index contributed by atoms with van der Waals surface area (Å²) in [4.78, 5) is 34.0. The van der Waals surface area contributed by atoms with Crippen molar-refractivity contribution in [3.63, 3.8) is 0 Å². The van der Waals surface area contributed by atoms with E-state index in [4.69, 9.17) is 0 Å². The Hall–Kier alpha value is -1.19. The summed E-state index contributed by atoms with van der Waals surface area (Å²) in [5, 5.41) is 2.58. The number of carbonyl (C=O) groups is 3. The third kappa shape index (κ3) is 1.69. The van der Waals surface area contributed by atoms with E-state index >= 15 is 0 Å². The zero-order valence-electron chi connectivity index (χ0n) is 8.66. The minimum absolute atomic E-state index is 0.0933. The molecule has 0 bridgehead atoms. The average Bonchev–Trinajstić information content (AvgIpc) is 2.40. The number of carbonyl (C=O) groups excluding carboxylic acids is 3. The van der Waals surface area contributed by atoms with Crippen molar-refractivity contribution >= 4 is 17.5 Å². The van der Waals surface area contributed by atoms with E-state index in [1.165, 1.54) is 6.92 Å². The maximum Gasteiger partial charge on any atom is 0.238 e. The van der Waals surface area contributed by atoms with Gasteiger partial charge in [0.15, 0.2) is 11.7 Å². The highest BCUT2D eigenvalue weighted by molar-refractivity contribution is 6.23. The summed E-state index contributed by atoms with van der Waals surface area (Å²) in [6.45, 7) is 5.12. The van der Waals surface area contributed by atoms with E-state index in [-0.39, 0.29) is 17.5 Å². The minimum Gasteiger partial charge on any atom is -0.345 e. The number of amides is 1. The fourth-order valence-electron chi connectivity index (χ4n) is 1.66. The van der Waals surface area contributed by atoms with Gasteiger partial charge < -0.3 is 5.32 Å². The highest BCUT2D eigenvalue weighted by Gasteiger charge is 2.45. The standard InChI is InChI=1S/C10H15NO3/c1-4-5(2)8-9(13)7(6(3)12)10(14)11-8/h5,7-8H,4H2,1-3H3,(H,11,14)/t5-,7?,8-/m0/s1. The first kappa shape index (κ1) is 10.9. The largest absolute Gasteiger partial charge is 0.345 e. The van der Waals surface area contributed by atoms with Crippen LogP contribution in [-0.4, -0.2) is 23.5 Å². The molecule has 1 N–H and O–H groups in total. The first-order valence-corrected chi connectivity index (χ1v) is 4.83. The van der Waals surface area contributed by atoms with Gasteiger partial charge in [-0.25, -0.2) is 0 Å². The van der Waals surface area contributed by atoms with Crippen LogP contribution in [0.5, 0.6) is 0 Å². The topological polar surface area (TPSA) is 63.2 Å². The van der Waals surface area contributed by atoms with E-state index in [0.717, 1.165) is 6.42 Å². The van der Waals surface area contributed by atoms with E-state index in [9.17, 15) is 14.4 Å². The molecule has 3 atom stereocenters. The number of Topliss-reactive ketones (excluding diaryl/α,β-unsaturated/α-hetero) is 2. The molecule has 1 heterocycles. The van der Waals surface area contributed by atoms with E-state index in [1.807, 2.05) is 13.8 Å². The Kier molecular flexibility index (Phi) is 3.03. The van der Waals surface area contributed by atoms with Crippen LogP contribution in [0.25, 0.3) is 0 Å². The lowest BCUT2D eigenvalue weighted by molar-refractivity contribution is -0.135. The van der Waals surface area contributed by atoms with Crippen molar-refractivity contribution in [1.82, 2.24) is 5.32 Å². The SMILES string of the molecule is CC[C@H](C)[C@@H]1NC(=O)C(C(C)=O)C1=O. The van der Waals surface area contributed by atoms with Crippen LogP contribution in [0.4, 0.5) is 0 Å². The summed E-state index contributed by atoms with van der Waals surface area (Å²) >= 11 is 0. The molecular weight excluding hydrogens is 182 g/mol. The van der Waals surface area contributed by atoms with Gasteiger partial charge in [-0.1, -0.05) is 20.3 Å². The molecule has 0 radical (unpaired) electrons. The zero-order valence-corrected chi connectivity index (χ0v) is 8.66. The number of rotatable bonds is 3.